The number of likely N-dealkylation sites (N-methyl/N-ethyl adjacent to an activating group) is 1. The number of anilines is 1. The molecule has 78 valence electrons. The van der Waals surface area contributed by atoms with Crippen molar-refractivity contribution < 1.29 is 0 Å². The summed E-state index contributed by atoms with van der Waals surface area (Å²) in [4.78, 5) is 12.4. The maximum atomic E-state index is 10.4. The smallest absolute Gasteiger partial charge is 0.0918 e. The summed E-state index contributed by atoms with van der Waals surface area (Å²) in [6, 6.07) is 8.18. The maximum Gasteiger partial charge on any atom is 0.0918 e. The quantitative estimate of drug-likeness (QED) is 0.656. The Bertz CT molecular complexity index is 435. The van der Waals surface area contributed by atoms with E-state index in [2.05, 4.69) is 31.2 Å². The number of allylic oxidation sites excluding steroid dienone is 1. The standard InChI is InChI=1S/C12H14N2O/c1-12(2)9-6-4-5-7-10(9)14(3)11(12)8-13-15/h4-8H,1-3H3/b11-8+. The van der Waals surface area contributed by atoms with Gasteiger partial charge in [0.05, 0.1) is 6.20 Å². The van der Waals surface area contributed by atoms with Gasteiger partial charge in [0, 0.05) is 23.8 Å². The number of rotatable bonds is 1. The Kier molecular flexibility index (Phi) is 2.11. The van der Waals surface area contributed by atoms with Crippen molar-refractivity contribution in [3.05, 3.63) is 46.6 Å². The van der Waals surface area contributed by atoms with Crippen LogP contribution in [0.3, 0.4) is 0 Å². The minimum atomic E-state index is -0.140. The topological polar surface area (TPSA) is 32.7 Å². The van der Waals surface area contributed by atoms with Gasteiger partial charge in [0.1, 0.15) is 0 Å². The van der Waals surface area contributed by atoms with E-state index in [9.17, 15) is 4.91 Å². The summed E-state index contributed by atoms with van der Waals surface area (Å²) in [6.07, 6.45) is 1.40. The highest BCUT2D eigenvalue weighted by molar-refractivity contribution is 5.69. The molecular weight excluding hydrogens is 188 g/mol. The molecule has 1 heterocycles. The molecule has 0 saturated carbocycles. The van der Waals surface area contributed by atoms with Gasteiger partial charge in [-0.25, -0.2) is 0 Å². The highest BCUT2D eigenvalue weighted by atomic mass is 16.2. The molecule has 0 amide bonds. The lowest BCUT2D eigenvalue weighted by Crippen LogP contribution is -2.22. The Labute approximate surface area is 89.4 Å². The normalized spacial score (nSPS) is 20.5. The molecular formula is C12H14N2O. The van der Waals surface area contributed by atoms with E-state index in [1.165, 1.54) is 11.8 Å². The van der Waals surface area contributed by atoms with Crippen LogP contribution in [0.25, 0.3) is 0 Å². The van der Waals surface area contributed by atoms with E-state index in [0.717, 1.165) is 11.4 Å². The first kappa shape index (κ1) is 9.90. The first-order valence-electron chi connectivity index (χ1n) is 4.95. The Morgan fingerprint density at radius 3 is 2.60 bits per heavy atom. The summed E-state index contributed by atoms with van der Waals surface area (Å²) >= 11 is 0. The molecule has 1 aliphatic heterocycles. The van der Waals surface area contributed by atoms with E-state index < -0.39 is 0 Å². The number of hydrogen-bond donors (Lipinski definition) is 0. The molecule has 0 bridgehead atoms. The van der Waals surface area contributed by atoms with E-state index in [0.29, 0.717) is 0 Å². The van der Waals surface area contributed by atoms with E-state index in [-0.39, 0.29) is 5.41 Å². The molecule has 0 aliphatic carbocycles. The largest absolute Gasteiger partial charge is 0.346 e. The van der Waals surface area contributed by atoms with E-state index in [4.69, 9.17) is 0 Å². The third-order valence-corrected chi connectivity index (χ3v) is 3.12. The van der Waals surface area contributed by atoms with Crippen molar-refractivity contribution >= 4 is 5.69 Å². The predicted octanol–water partition coefficient (Wildman–Crippen LogP) is 3.02. The zero-order valence-electron chi connectivity index (χ0n) is 9.19. The summed E-state index contributed by atoms with van der Waals surface area (Å²) < 4.78 is 0. The Morgan fingerprint density at radius 2 is 2.00 bits per heavy atom. The first-order valence-corrected chi connectivity index (χ1v) is 4.95. The molecule has 1 aromatic carbocycles. The van der Waals surface area contributed by atoms with Gasteiger partial charge < -0.3 is 4.90 Å². The Morgan fingerprint density at radius 1 is 1.33 bits per heavy atom. The van der Waals surface area contributed by atoms with E-state index in [1.807, 2.05) is 24.1 Å². The molecule has 0 spiro atoms. The fourth-order valence-electron chi connectivity index (χ4n) is 2.28. The van der Waals surface area contributed by atoms with Crippen LogP contribution in [0.2, 0.25) is 0 Å². The fraction of sp³-hybridized carbons (Fsp3) is 0.333. The minimum Gasteiger partial charge on any atom is -0.346 e. The lowest BCUT2D eigenvalue weighted by Gasteiger charge is -2.22. The van der Waals surface area contributed by atoms with Gasteiger partial charge >= 0.3 is 0 Å². The molecule has 1 aromatic rings. The Balaban J connectivity index is 2.64. The fourth-order valence-corrected chi connectivity index (χ4v) is 2.28. The summed E-state index contributed by atoms with van der Waals surface area (Å²) in [5, 5.41) is 2.89. The van der Waals surface area contributed by atoms with Crippen molar-refractivity contribution in [1.82, 2.24) is 0 Å². The summed E-state index contributed by atoms with van der Waals surface area (Å²) in [5.74, 6) is 0. The number of hydrogen-bond acceptors (Lipinski definition) is 3. The molecule has 0 radical (unpaired) electrons. The van der Waals surface area contributed by atoms with Crippen molar-refractivity contribution in [2.75, 3.05) is 11.9 Å². The summed E-state index contributed by atoms with van der Waals surface area (Å²) in [6.45, 7) is 4.21. The molecule has 0 unspecified atom stereocenters. The summed E-state index contributed by atoms with van der Waals surface area (Å²) in [5.41, 5.74) is 3.19. The molecule has 1 aliphatic rings. The first-order chi connectivity index (χ1) is 7.09. The zero-order chi connectivity index (χ0) is 11.1. The van der Waals surface area contributed by atoms with Crippen LogP contribution in [0, 0.1) is 4.91 Å². The molecule has 0 aromatic heterocycles. The average molecular weight is 202 g/mol. The van der Waals surface area contributed by atoms with Crippen LogP contribution in [0.5, 0.6) is 0 Å². The zero-order valence-corrected chi connectivity index (χ0v) is 9.19. The van der Waals surface area contributed by atoms with Crippen molar-refractivity contribution in [3.63, 3.8) is 0 Å². The molecule has 0 atom stereocenters. The average Bonchev–Trinajstić information content (AvgIpc) is 2.41. The van der Waals surface area contributed by atoms with Crippen LogP contribution in [-0.2, 0) is 5.41 Å². The van der Waals surface area contributed by atoms with Gasteiger partial charge in [0.25, 0.3) is 0 Å². The van der Waals surface area contributed by atoms with E-state index >= 15 is 0 Å². The van der Waals surface area contributed by atoms with Crippen molar-refractivity contribution in [3.8, 4) is 0 Å². The van der Waals surface area contributed by atoms with Crippen molar-refractivity contribution in [1.29, 1.82) is 0 Å². The van der Waals surface area contributed by atoms with Crippen LogP contribution < -0.4 is 4.90 Å². The number of benzene rings is 1. The van der Waals surface area contributed by atoms with Crippen molar-refractivity contribution in [2.45, 2.75) is 19.3 Å². The van der Waals surface area contributed by atoms with Gasteiger partial charge in [-0.05, 0) is 16.8 Å². The van der Waals surface area contributed by atoms with Gasteiger partial charge in [-0.2, -0.15) is 0 Å². The number of fused-ring (bicyclic) bond motifs is 1. The van der Waals surface area contributed by atoms with Gasteiger partial charge in [0.15, 0.2) is 0 Å². The third kappa shape index (κ3) is 1.27. The highest BCUT2D eigenvalue weighted by Gasteiger charge is 2.38. The number of nitroso groups, excluding NO2 is 1. The van der Waals surface area contributed by atoms with Gasteiger partial charge in [-0.15, -0.1) is 4.91 Å². The molecule has 0 fully saturated rings. The second-order valence-electron chi connectivity index (χ2n) is 4.32. The molecule has 15 heavy (non-hydrogen) atoms. The monoisotopic (exact) mass is 202 g/mol. The van der Waals surface area contributed by atoms with Crippen LogP contribution in [-0.4, -0.2) is 7.05 Å². The SMILES string of the molecule is CN1/C(=C/N=O)C(C)(C)c2ccccc21. The molecule has 2 rings (SSSR count). The van der Waals surface area contributed by atoms with Crippen molar-refractivity contribution in [2.24, 2.45) is 5.18 Å². The molecule has 0 N–H and O–H groups in total. The maximum absolute atomic E-state index is 10.4. The highest BCUT2D eigenvalue weighted by Crippen LogP contribution is 2.46. The molecule has 3 nitrogen and oxygen atoms in total. The molecule has 0 saturated heterocycles. The van der Waals surface area contributed by atoms with Crippen LogP contribution in [0.1, 0.15) is 19.4 Å². The van der Waals surface area contributed by atoms with E-state index in [1.54, 1.807) is 0 Å². The number of para-hydroxylation sites is 1. The summed E-state index contributed by atoms with van der Waals surface area (Å²) in [7, 11) is 1.96. The molecule has 3 heteroatoms. The number of nitrogens with zero attached hydrogens (tertiary/aromatic N) is 2. The lowest BCUT2D eigenvalue weighted by molar-refractivity contribution is 0.638. The van der Waals surface area contributed by atoms with Gasteiger partial charge in [-0.3, -0.25) is 0 Å². The van der Waals surface area contributed by atoms with Gasteiger partial charge in [-0.1, -0.05) is 32.0 Å². The van der Waals surface area contributed by atoms with Crippen LogP contribution >= 0.6 is 0 Å². The lowest BCUT2D eigenvalue weighted by atomic mass is 9.84. The van der Waals surface area contributed by atoms with Crippen LogP contribution in [0.4, 0.5) is 5.69 Å². The minimum absolute atomic E-state index is 0.140. The Hall–Kier alpha value is -1.64. The predicted molar refractivity (Wildman–Crippen MR) is 61.7 cm³/mol. The van der Waals surface area contributed by atoms with Gasteiger partial charge in [0.2, 0.25) is 0 Å². The third-order valence-electron chi connectivity index (χ3n) is 3.12. The second kappa shape index (κ2) is 3.19. The van der Waals surface area contributed by atoms with Crippen LogP contribution in [0.15, 0.2) is 41.3 Å². The second-order valence-corrected chi connectivity index (χ2v) is 4.32.